The average molecular weight is 290 g/mol. The molecule has 0 atom stereocenters. The lowest BCUT2D eigenvalue weighted by atomic mass is 10.2. The fraction of sp³-hybridized carbons (Fsp3) is 0.364. The molecule has 0 aromatic heterocycles. The SMILES string of the molecule is CCN(CC)S(=O)(=O)c1cccc(F)c1C(N)=S. The smallest absolute Gasteiger partial charge is 0.243 e. The highest BCUT2D eigenvalue weighted by molar-refractivity contribution is 7.89. The molecule has 0 aliphatic carbocycles. The number of thiocarbonyl (C=S) groups is 1. The Kier molecular flexibility index (Phi) is 4.78. The van der Waals surface area contributed by atoms with Gasteiger partial charge in [0, 0.05) is 13.1 Å². The van der Waals surface area contributed by atoms with Crippen molar-refractivity contribution in [2.45, 2.75) is 18.7 Å². The Hall–Kier alpha value is -1.05. The minimum Gasteiger partial charge on any atom is -0.389 e. The molecule has 0 aliphatic rings. The van der Waals surface area contributed by atoms with Gasteiger partial charge in [-0.25, -0.2) is 12.8 Å². The first-order valence-electron chi connectivity index (χ1n) is 5.44. The van der Waals surface area contributed by atoms with Gasteiger partial charge in [0.25, 0.3) is 0 Å². The third kappa shape index (κ3) is 2.68. The molecule has 1 rings (SSSR count). The van der Waals surface area contributed by atoms with Gasteiger partial charge in [-0.3, -0.25) is 0 Å². The van der Waals surface area contributed by atoms with E-state index in [1.807, 2.05) is 0 Å². The maximum absolute atomic E-state index is 13.7. The van der Waals surface area contributed by atoms with Crippen molar-refractivity contribution in [3.63, 3.8) is 0 Å². The van der Waals surface area contributed by atoms with E-state index in [1.54, 1.807) is 13.8 Å². The van der Waals surface area contributed by atoms with Gasteiger partial charge in [0.2, 0.25) is 10.0 Å². The summed E-state index contributed by atoms with van der Waals surface area (Å²) >= 11 is 4.72. The molecule has 1 aromatic rings. The fourth-order valence-electron chi connectivity index (χ4n) is 1.66. The van der Waals surface area contributed by atoms with Crippen LogP contribution in [0.4, 0.5) is 4.39 Å². The quantitative estimate of drug-likeness (QED) is 0.835. The molecular formula is C11H15FN2O2S2. The first-order valence-corrected chi connectivity index (χ1v) is 7.29. The molecule has 0 spiro atoms. The van der Waals surface area contributed by atoms with Gasteiger partial charge in [-0.15, -0.1) is 0 Å². The number of rotatable bonds is 5. The van der Waals surface area contributed by atoms with E-state index in [2.05, 4.69) is 0 Å². The highest BCUT2D eigenvalue weighted by Gasteiger charge is 2.27. The summed E-state index contributed by atoms with van der Waals surface area (Å²) < 4.78 is 39.5. The van der Waals surface area contributed by atoms with E-state index in [0.717, 1.165) is 6.07 Å². The van der Waals surface area contributed by atoms with Gasteiger partial charge in [0.05, 0.1) is 10.5 Å². The van der Waals surface area contributed by atoms with Crippen LogP contribution in [0.15, 0.2) is 23.1 Å². The van der Waals surface area contributed by atoms with E-state index in [-0.39, 0.29) is 15.4 Å². The summed E-state index contributed by atoms with van der Waals surface area (Å²) in [5.41, 5.74) is 5.18. The minimum absolute atomic E-state index is 0.182. The van der Waals surface area contributed by atoms with Crippen LogP contribution in [0, 0.1) is 5.82 Å². The van der Waals surface area contributed by atoms with Crippen LogP contribution in [-0.2, 0) is 10.0 Å². The Morgan fingerprint density at radius 2 is 1.94 bits per heavy atom. The summed E-state index contributed by atoms with van der Waals surface area (Å²) in [6.07, 6.45) is 0. The van der Waals surface area contributed by atoms with Gasteiger partial charge in [-0.1, -0.05) is 32.1 Å². The monoisotopic (exact) mass is 290 g/mol. The topological polar surface area (TPSA) is 63.4 Å². The summed E-state index contributed by atoms with van der Waals surface area (Å²) in [4.78, 5) is -0.447. The van der Waals surface area contributed by atoms with Crippen molar-refractivity contribution in [2.24, 2.45) is 5.73 Å². The predicted molar refractivity (Wildman–Crippen MR) is 72.4 cm³/mol. The van der Waals surface area contributed by atoms with E-state index in [9.17, 15) is 12.8 Å². The number of hydrogen-bond donors (Lipinski definition) is 1. The van der Waals surface area contributed by atoms with Gasteiger partial charge in [-0.2, -0.15) is 4.31 Å². The lowest BCUT2D eigenvalue weighted by Crippen LogP contribution is -2.32. The summed E-state index contributed by atoms with van der Waals surface area (Å²) in [6, 6.07) is 3.77. The van der Waals surface area contributed by atoms with Crippen LogP contribution in [0.5, 0.6) is 0 Å². The number of halogens is 1. The van der Waals surface area contributed by atoms with Crippen LogP contribution < -0.4 is 5.73 Å². The second-order valence-electron chi connectivity index (χ2n) is 3.57. The Labute approximate surface area is 112 Å². The highest BCUT2D eigenvalue weighted by Crippen LogP contribution is 2.22. The van der Waals surface area contributed by atoms with Crippen LogP contribution in [0.2, 0.25) is 0 Å². The van der Waals surface area contributed by atoms with Gasteiger partial charge >= 0.3 is 0 Å². The second kappa shape index (κ2) is 5.73. The molecule has 0 aliphatic heterocycles. The normalized spacial score (nSPS) is 11.8. The average Bonchev–Trinajstić information content (AvgIpc) is 2.29. The largest absolute Gasteiger partial charge is 0.389 e. The standard InChI is InChI=1S/C11H15FN2O2S2/c1-3-14(4-2)18(15,16)9-7-5-6-8(12)10(9)11(13)17/h5-7H,3-4H2,1-2H3,(H2,13,17). The molecule has 0 saturated heterocycles. The summed E-state index contributed by atoms with van der Waals surface area (Å²) in [6.45, 7) is 4.01. The zero-order valence-corrected chi connectivity index (χ0v) is 11.8. The molecule has 18 heavy (non-hydrogen) atoms. The van der Waals surface area contributed by atoms with Crippen molar-refractivity contribution in [3.8, 4) is 0 Å². The minimum atomic E-state index is -3.77. The van der Waals surface area contributed by atoms with Crippen LogP contribution in [0.1, 0.15) is 19.4 Å². The Morgan fingerprint density at radius 3 is 2.39 bits per heavy atom. The van der Waals surface area contributed by atoms with E-state index < -0.39 is 15.8 Å². The third-order valence-electron chi connectivity index (χ3n) is 2.55. The lowest BCUT2D eigenvalue weighted by molar-refractivity contribution is 0.444. The molecule has 0 amide bonds. The lowest BCUT2D eigenvalue weighted by Gasteiger charge is -2.20. The van der Waals surface area contributed by atoms with Gasteiger partial charge in [0.1, 0.15) is 10.8 Å². The van der Waals surface area contributed by atoms with Crippen LogP contribution >= 0.6 is 12.2 Å². The fourth-order valence-corrected chi connectivity index (χ4v) is 3.61. The molecule has 0 heterocycles. The Morgan fingerprint density at radius 1 is 1.39 bits per heavy atom. The maximum Gasteiger partial charge on any atom is 0.243 e. The van der Waals surface area contributed by atoms with Crippen molar-refractivity contribution in [3.05, 3.63) is 29.6 Å². The van der Waals surface area contributed by atoms with Gasteiger partial charge in [-0.05, 0) is 12.1 Å². The zero-order chi connectivity index (χ0) is 13.9. The number of nitrogens with two attached hydrogens (primary N) is 1. The van der Waals surface area contributed by atoms with Gasteiger partial charge in [0.15, 0.2) is 0 Å². The molecule has 0 fully saturated rings. The van der Waals surface area contributed by atoms with E-state index in [0.29, 0.717) is 13.1 Å². The Balaban J connectivity index is 3.51. The molecule has 2 N–H and O–H groups in total. The van der Waals surface area contributed by atoms with E-state index >= 15 is 0 Å². The van der Waals surface area contributed by atoms with Crippen molar-refractivity contribution < 1.29 is 12.8 Å². The van der Waals surface area contributed by atoms with E-state index in [4.69, 9.17) is 18.0 Å². The number of hydrogen-bond acceptors (Lipinski definition) is 3. The molecular weight excluding hydrogens is 275 g/mol. The number of sulfonamides is 1. The van der Waals surface area contributed by atoms with Crippen molar-refractivity contribution in [2.75, 3.05) is 13.1 Å². The molecule has 7 heteroatoms. The van der Waals surface area contributed by atoms with E-state index in [1.165, 1.54) is 16.4 Å². The predicted octanol–water partition coefficient (Wildman–Crippen LogP) is 1.49. The summed E-state index contributed by atoms with van der Waals surface area (Å²) in [7, 11) is -3.77. The molecule has 0 bridgehead atoms. The summed E-state index contributed by atoms with van der Waals surface area (Å²) in [5, 5.41) is 0. The number of benzene rings is 1. The highest BCUT2D eigenvalue weighted by atomic mass is 32.2. The van der Waals surface area contributed by atoms with Crippen molar-refractivity contribution >= 4 is 27.2 Å². The molecule has 0 unspecified atom stereocenters. The summed E-state index contributed by atoms with van der Waals surface area (Å²) in [5.74, 6) is -0.726. The first-order chi connectivity index (χ1) is 8.36. The van der Waals surface area contributed by atoms with Crippen LogP contribution in [0.25, 0.3) is 0 Å². The molecule has 100 valence electrons. The molecule has 1 aromatic carbocycles. The number of nitrogens with zero attached hydrogens (tertiary/aromatic N) is 1. The van der Waals surface area contributed by atoms with Crippen LogP contribution in [0.3, 0.4) is 0 Å². The van der Waals surface area contributed by atoms with Crippen LogP contribution in [-0.4, -0.2) is 30.8 Å². The van der Waals surface area contributed by atoms with Crippen molar-refractivity contribution in [1.29, 1.82) is 0 Å². The third-order valence-corrected chi connectivity index (χ3v) is 4.84. The first kappa shape index (κ1) is 15.0. The second-order valence-corrected chi connectivity index (χ2v) is 5.91. The molecule has 4 nitrogen and oxygen atoms in total. The molecule has 0 radical (unpaired) electrons. The zero-order valence-electron chi connectivity index (χ0n) is 10.2. The Bertz CT molecular complexity index is 554. The molecule has 0 saturated carbocycles. The van der Waals surface area contributed by atoms with Crippen molar-refractivity contribution in [1.82, 2.24) is 4.31 Å². The maximum atomic E-state index is 13.7. The van der Waals surface area contributed by atoms with Gasteiger partial charge < -0.3 is 5.73 Å².